The molecule has 1 aliphatic heterocycles. The minimum absolute atomic E-state index is 0.0836. The van der Waals surface area contributed by atoms with Gasteiger partial charge in [0, 0.05) is 11.6 Å². The van der Waals surface area contributed by atoms with Crippen molar-refractivity contribution < 1.29 is 19.1 Å². The van der Waals surface area contributed by atoms with E-state index in [0.29, 0.717) is 43.8 Å². The van der Waals surface area contributed by atoms with Crippen molar-refractivity contribution in [2.45, 2.75) is 19.8 Å². The number of anilines is 1. The molecular weight excluding hydrogens is 310 g/mol. The van der Waals surface area contributed by atoms with Crippen LogP contribution in [0.4, 0.5) is 5.69 Å². The zero-order valence-corrected chi connectivity index (χ0v) is 13.8. The third-order valence-corrected chi connectivity index (χ3v) is 4.04. The predicted octanol–water partition coefficient (Wildman–Crippen LogP) is 0.999. The number of primary amides is 1. The summed E-state index contributed by atoms with van der Waals surface area (Å²) in [7, 11) is 0. The van der Waals surface area contributed by atoms with Crippen LogP contribution in [0.3, 0.4) is 0 Å². The van der Waals surface area contributed by atoms with Gasteiger partial charge in [-0.15, -0.1) is 0 Å². The minimum atomic E-state index is -0.382. The maximum Gasteiger partial charge on any atom is 0.338 e. The standard InChI is InChI=1S/C17H23N3O4/c1-2-24-17(23)13-3-5-14(6-4-13)19-15(21)11-20-9-7-12(8-10-20)16(18)22/h3-6,12H,2,7-11H2,1H3,(H2,18,22)(H,19,21). The van der Waals surface area contributed by atoms with Crippen LogP contribution in [0.2, 0.25) is 0 Å². The number of carbonyl (C=O) groups is 3. The lowest BCUT2D eigenvalue weighted by Gasteiger charge is -2.29. The number of ether oxygens (including phenoxy) is 1. The van der Waals surface area contributed by atoms with Gasteiger partial charge in [0.25, 0.3) is 0 Å². The van der Waals surface area contributed by atoms with E-state index in [1.165, 1.54) is 0 Å². The van der Waals surface area contributed by atoms with Crippen LogP contribution in [0.15, 0.2) is 24.3 Å². The van der Waals surface area contributed by atoms with Gasteiger partial charge < -0.3 is 15.8 Å². The van der Waals surface area contributed by atoms with E-state index >= 15 is 0 Å². The molecule has 0 atom stereocenters. The van der Waals surface area contributed by atoms with Gasteiger partial charge in [0.1, 0.15) is 0 Å². The lowest BCUT2D eigenvalue weighted by atomic mass is 9.96. The van der Waals surface area contributed by atoms with Gasteiger partial charge >= 0.3 is 5.97 Å². The van der Waals surface area contributed by atoms with Crippen LogP contribution < -0.4 is 11.1 Å². The van der Waals surface area contributed by atoms with E-state index in [4.69, 9.17) is 10.5 Å². The lowest BCUT2D eigenvalue weighted by molar-refractivity contribution is -0.123. The van der Waals surface area contributed by atoms with E-state index in [1.807, 2.05) is 4.90 Å². The summed E-state index contributed by atoms with van der Waals surface area (Å²) in [4.78, 5) is 36.8. The maximum absolute atomic E-state index is 12.1. The summed E-state index contributed by atoms with van der Waals surface area (Å²) >= 11 is 0. The monoisotopic (exact) mass is 333 g/mol. The molecule has 0 unspecified atom stereocenters. The molecule has 0 aromatic heterocycles. The predicted molar refractivity (Wildman–Crippen MR) is 89.4 cm³/mol. The number of hydrogen-bond donors (Lipinski definition) is 2. The molecule has 0 radical (unpaired) electrons. The number of amides is 2. The normalized spacial score (nSPS) is 15.7. The highest BCUT2D eigenvalue weighted by molar-refractivity contribution is 5.94. The number of rotatable bonds is 6. The molecule has 0 saturated carbocycles. The van der Waals surface area contributed by atoms with Gasteiger partial charge in [-0.2, -0.15) is 0 Å². The fraction of sp³-hybridized carbons (Fsp3) is 0.471. The Morgan fingerprint density at radius 3 is 2.38 bits per heavy atom. The van der Waals surface area contributed by atoms with Crippen molar-refractivity contribution in [3.8, 4) is 0 Å². The van der Waals surface area contributed by atoms with Gasteiger partial charge in [0.05, 0.1) is 18.7 Å². The van der Waals surface area contributed by atoms with Crippen LogP contribution in [0, 0.1) is 5.92 Å². The first-order valence-electron chi connectivity index (χ1n) is 8.08. The Morgan fingerprint density at radius 2 is 1.83 bits per heavy atom. The van der Waals surface area contributed by atoms with Crippen molar-refractivity contribution in [1.29, 1.82) is 0 Å². The number of hydrogen-bond acceptors (Lipinski definition) is 5. The topological polar surface area (TPSA) is 102 Å². The third kappa shape index (κ3) is 5.06. The number of nitrogens with one attached hydrogen (secondary N) is 1. The van der Waals surface area contributed by atoms with Gasteiger partial charge in [-0.25, -0.2) is 4.79 Å². The fourth-order valence-electron chi connectivity index (χ4n) is 2.68. The molecule has 0 bridgehead atoms. The van der Waals surface area contributed by atoms with Crippen LogP contribution in [0.5, 0.6) is 0 Å². The van der Waals surface area contributed by atoms with E-state index in [9.17, 15) is 14.4 Å². The number of carbonyl (C=O) groups excluding carboxylic acids is 3. The summed E-state index contributed by atoms with van der Waals surface area (Å²) in [5.74, 6) is -0.857. The van der Waals surface area contributed by atoms with Crippen LogP contribution in [0.25, 0.3) is 0 Å². The van der Waals surface area contributed by atoms with Gasteiger partial charge in [0.2, 0.25) is 11.8 Å². The summed E-state index contributed by atoms with van der Waals surface area (Å²) in [5.41, 5.74) is 6.37. The van der Waals surface area contributed by atoms with Crippen molar-refractivity contribution in [2.24, 2.45) is 11.7 Å². The van der Waals surface area contributed by atoms with Gasteiger partial charge in [0.15, 0.2) is 0 Å². The number of nitrogens with zero attached hydrogens (tertiary/aromatic N) is 1. The number of benzene rings is 1. The van der Waals surface area contributed by atoms with E-state index in [0.717, 1.165) is 0 Å². The van der Waals surface area contributed by atoms with Gasteiger partial charge in [-0.3, -0.25) is 14.5 Å². The maximum atomic E-state index is 12.1. The molecule has 1 aromatic rings. The SMILES string of the molecule is CCOC(=O)c1ccc(NC(=O)CN2CCC(C(N)=O)CC2)cc1. The highest BCUT2D eigenvalue weighted by Crippen LogP contribution is 2.16. The average Bonchev–Trinajstić information content (AvgIpc) is 2.56. The summed E-state index contributed by atoms with van der Waals surface area (Å²) in [6.07, 6.45) is 1.38. The lowest BCUT2D eigenvalue weighted by Crippen LogP contribution is -2.42. The van der Waals surface area contributed by atoms with E-state index < -0.39 is 0 Å². The molecule has 1 saturated heterocycles. The molecule has 2 amide bonds. The van der Waals surface area contributed by atoms with Crippen LogP contribution >= 0.6 is 0 Å². The second-order valence-corrected chi connectivity index (χ2v) is 5.80. The molecule has 1 heterocycles. The van der Waals surface area contributed by atoms with E-state index in [-0.39, 0.29) is 30.2 Å². The second-order valence-electron chi connectivity index (χ2n) is 5.80. The van der Waals surface area contributed by atoms with Gasteiger partial charge in [-0.05, 0) is 57.1 Å². The Kier molecular flexibility index (Phi) is 6.31. The summed E-state index contributed by atoms with van der Waals surface area (Å²) < 4.78 is 4.91. The number of nitrogens with two attached hydrogens (primary N) is 1. The molecule has 7 nitrogen and oxygen atoms in total. The molecule has 1 aromatic carbocycles. The molecule has 0 spiro atoms. The highest BCUT2D eigenvalue weighted by atomic mass is 16.5. The Labute approximate surface area is 141 Å². The number of esters is 1. The van der Waals surface area contributed by atoms with Crippen molar-refractivity contribution in [3.05, 3.63) is 29.8 Å². The van der Waals surface area contributed by atoms with Crippen LogP contribution in [-0.2, 0) is 14.3 Å². The average molecular weight is 333 g/mol. The number of likely N-dealkylation sites (tertiary alicyclic amines) is 1. The van der Waals surface area contributed by atoms with Gasteiger partial charge in [-0.1, -0.05) is 0 Å². The second kappa shape index (κ2) is 8.44. The quantitative estimate of drug-likeness (QED) is 0.756. The Morgan fingerprint density at radius 1 is 1.21 bits per heavy atom. The summed E-state index contributed by atoms with van der Waals surface area (Å²) in [6.45, 7) is 3.71. The van der Waals surface area contributed by atoms with Crippen molar-refractivity contribution in [3.63, 3.8) is 0 Å². The first kappa shape index (κ1) is 17.9. The Balaban J connectivity index is 1.80. The minimum Gasteiger partial charge on any atom is -0.462 e. The fourth-order valence-corrected chi connectivity index (χ4v) is 2.68. The molecular formula is C17H23N3O4. The zero-order chi connectivity index (χ0) is 17.5. The molecule has 1 fully saturated rings. The van der Waals surface area contributed by atoms with E-state index in [2.05, 4.69) is 5.32 Å². The summed E-state index contributed by atoms with van der Waals surface area (Å²) in [6, 6.07) is 6.57. The van der Waals surface area contributed by atoms with Crippen LogP contribution in [0.1, 0.15) is 30.1 Å². The molecule has 3 N–H and O–H groups in total. The molecule has 130 valence electrons. The smallest absolute Gasteiger partial charge is 0.338 e. The molecule has 2 rings (SSSR count). The zero-order valence-electron chi connectivity index (χ0n) is 13.8. The molecule has 0 aliphatic carbocycles. The molecule has 24 heavy (non-hydrogen) atoms. The third-order valence-electron chi connectivity index (χ3n) is 4.04. The Bertz CT molecular complexity index is 592. The van der Waals surface area contributed by atoms with Crippen LogP contribution in [-0.4, -0.2) is 48.9 Å². The number of piperidine rings is 1. The highest BCUT2D eigenvalue weighted by Gasteiger charge is 2.24. The molecule has 1 aliphatic rings. The first-order chi connectivity index (χ1) is 11.5. The Hall–Kier alpha value is -2.41. The summed E-state index contributed by atoms with van der Waals surface area (Å²) in [5, 5.41) is 2.80. The first-order valence-corrected chi connectivity index (χ1v) is 8.08. The van der Waals surface area contributed by atoms with Crippen molar-refractivity contribution in [1.82, 2.24) is 4.90 Å². The van der Waals surface area contributed by atoms with E-state index in [1.54, 1.807) is 31.2 Å². The molecule has 7 heteroatoms. The largest absolute Gasteiger partial charge is 0.462 e. The van der Waals surface area contributed by atoms with Crippen molar-refractivity contribution >= 4 is 23.5 Å². The van der Waals surface area contributed by atoms with Crippen molar-refractivity contribution in [2.75, 3.05) is 31.6 Å².